The molecule has 5 heteroatoms. The minimum Gasteiger partial charge on any atom is -0.494 e. The van der Waals surface area contributed by atoms with Crippen LogP contribution in [-0.2, 0) is 22.4 Å². The Bertz CT molecular complexity index is 466. The zero-order valence-electron chi connectivity index (χ0n) is 12.9. The molecule has 0 bridgehead atoms. The fourth-order valence-corrected chi connectivity index (χ4v) is 2.54. The topological polar surface area (TPSA) is 43.4 Å². The van der Waals surface area contributed by atoms with E-state index in [4.69, 9.17) is 27.9 Å². The number of hydrogen-bond donors (Lipinski definition) is 0. The van der Waals surface area contributed by atoms with Gasteiger partial charge in [-0.3, -0.25) is 9.59 Å². The van der Waals surface area contributed by atoms with Gasteiger partial charge in [-0.2, -0.15) is 0 Å². The molecule has 0 radical (unpaired) electrons. The van der Waals surface area contributed by atoms with E-state index in [9.17, 15) is 9.59 Å². The van der Waals surface area contributed by atoms with E-state index < -0.39 is 10.5 Å². The summed E-state index contributed by atoms with van der Waals surface area (Å²) in [4.78, 5) is 22.1. The van der Waals surface area contributed by atoms with E-state index in [1.807, 2.05) is 0 Å². The Morgan fingerprint density at radius 3 is 1.95 bits per heavy atom. The molecule has 1 aromatic carbocycles. The summed E-state index contributed by atoms with van der Waals surface area (Å²) in [5.41, 5.74) is 1.47. The van der Waals surface area contributed by atoms with Crippen molar-refractivity contribution < 1.29 is 14.3 Å². The van der Waals surface area contributed by atoms with Gasteiger partial charge in [0.05, 0.1) is 6.61 Å². The molecule has 0 unspecified atom stereocenters. The largest absolute Gasteiger partial charge is 0.494 e. The molecular weight excluding hydrogens is 323 g/mol. The first-order valence-corrected chi connectivity index (χ1v) is 8.39. The Labute approximate surface area is 141 Å². The van der Waals surface area contributed by atoms with E-state index >= 15 is 0 Å². The molecule has 0 heterocycles. The van der Waals surface area contributed by atoms with Crippen LogP contribution in [0.3, 0.4) is 0 Å². The predicted octanol–water partition coefficient (Wildman–Crippen LogP) is 4.65. The summed E-state index contributed by atoms with van der Waals surface area (Å²) >= 11 is 10.9. The van der Waals surface area contributed by atoms with Gasteiger partial charge in [0, 0.05) is 12.8 Å². The Kier molecular flexibility index (Phi) is 9.17. The van der Waals surface area contributed by atoms with Crippen LogP contribution < -0.4 is 4.74 Å². The van der Waals surface area contributed by atoms with Gasteiger partial charge in [0.25, 0.3) is 0 Å². The predicted molar refractivity (Wildman–Crippen MR) is 89.8 cm³/mol. The molecule has 0 saturated heterocycles. The minimum atomic E-state index is -0.445. The van der Waals surface area contributed by atoms with Crippen molar-refractivity contribution in [2.45, 2.75) is 51.9 Å². The van der Waals surface area contributed by atoms with Gasteiger partial charge < -0.3 is 4.74 Å². The molecular formula is C17H22Cl2O3. The molecule has 0 saturated carbocycles. The van der Waals surface area contributed by atoms with E-state index in [1.54, 1.807) is 18.2 Å². The van der Waals surface area contributed by atoms with Crippen molar-refractivity contribution in [3.05, 3.63) is 29.3 Å². The van der Waals surface area contributed by atoms with Gasteiger partial charge in [-0.05, 0) is 52.9 Å². The van der Waals surface area contributed by atoms with Crippen LogP contribution >= 0.6 is 23.2 Å². The van der Waals surface area contributed by atoms with E-state index in [1.165, 1.54) is 19.3 Å². The molecule has 0 fully saturated rings. The first kappa shape index (κ1) is 19.0. The van der Waals surface area contributed by atoms with Crippen LogP contribution in [0, 0.1) is 0 Å². The maximum atomic E-state index is 11.1. The van der Waals surface area contributed by atoms with Crippen LogP contribution in [0.1, 0.15) is 50.2 Å². The highest BCUT2D eigenvalue weighted by Crippen LogP contribution is 2.20. The Hall–Kier alpha value is -1.06. The second kappa shape index (κ2) is 10.6. The zero-order chi connectivity index (χ0) is 16.4. The summed E-state index contributed by atoms with van der Waals surface area (Å²) in [6, 6.07) is 5.33. The molecule has 0 aliphatic heterocycles. The third kappa shape index (κ3) is 8.40. The van der Waals surface area contributed by atoms with Gasteiger partial charge >= 0.3 is 0 Å². The van der Waals surface area contributed by atoms with Crippen molar-refractivity contribution >= 4 is 33.7 Å². The van der Waals surface area contributed by atoms with Gasteiger partial charge in [-0.15, -0.1) is 0 Å². The van der Waals surface area contributed by atoms with Gasteiger partial charge in [0.2, 0.25) is 10.5 Å². The lowest BCUT2D eigenvalue weighted by Crippen LogP contribution is -2.02. The van der Waals surface area contributed by atoms with E-state index in [2.05, 4.69) is 6.92 Å². The third-order valence-electron chi connectivity index (χ3n) is 3.23. The summed E-state index contributed by atoms with van der Waals surface area (Å²) in [6.45, 7) is 2.80. The van der Waals surface area contributed by atoms with Crippen LogP contribution in [0.2, 0.25) is 0 Å². The maximum Gasteiger partial charge on any atom is 0.226 e. The molecule has 1 aromatic rings. The van der Waals surface area contributed by atoms with Crippen LogP contribution in [0.25, 0.3) is 0 Å². The molecule has 122 valence electrons. The standard InChI is InChI=1S/C17H22Cl2O3/c1-2-3-4-5-6-7-22-15-9-13(11-16(18)20)8-14(10-15)12-17(19)21/h8-10H,2-7,11-12H2,1H3. The van der Waals surface area contributed by atoms with Crippen LogP contribution in [0.15, 0.2) is 18.2 Å². The van der Waals surface area contributed by atoms with Crippen molar-refractivity contribution in [3.63, 3.8) is 0 Å². The molecule has 22 heavy (non-hydrogen) atoms. The van der Waals surface area contributed by atoms with Gasteiger partial charge in [0.1, 0.15) is 5.75 Å². The number of hydrogen-bond acceptors (Lipinski definition) is 3. The zero-order valence-corrected chi connectivity index (χ0v) is 14.4. The molecule has 0 aliphatic carbocycles. The molecule has 0 amide bonds. The highest BCUT2D eigenvalue weighted by molar-refractivity contribution is 6.64. The summed E-state index contributed by atoms with van der Waals surface area (Å²) in [7, 11) is 0. The molecule has 3 nitrogen and oxygen atoms in total. The van der Waals surface area contributed by atoms with Crippen molar-refractivity contribution in [3.8, 4) is 5.75 Å². The van der Waals surface area contributed by atoms with Crippen molar-refractivity contribution in [1.29, 1.82) is 0 Å². The molecule has 0 spiro atoms. The van der Waals surface area contributed by atoms with E-state index in [-0.39, 0.29) is 12.8 Å². The third-order valence-corrected chi connectivity index (χ3v) is 3.50. The summed E-state index contributed by atoms with van der Waals surface area (Å²) in [5.74, 6) is 0.652. The lowest BCUT2D eigenvalue weighted by Gasteiger charge is -2.10. The number of ether oxygens (including phenoxy) is 1. The smallest absolute Gasteiger partial charge is 0.226 e. The maximum absolute atomic E-state index is 11.1. The number of halogens is 2. The van der Waals surface area contributed by atoms with Crippen LogP contribution in [0.5, 0.6) is 5.75 Å². The second-order valence-corrected chi connectivity index (χ2v) is 6.15. The number of benzene rings is 1. The van der Waals surface area contributed by atoms with Gasteiger partial charge in [0.15, 0.2) is 0 Å². The van der Waals surface area contributed by atoms with Crippen molar-refractivity contribution in [2.24, 2.45) is 0 Å². The molecule has 0 aliphatic rings. The SMILES string of the molecule is CCCCCCCOc1cc(CC(=O)Cl)cc(CC(=O)Cl)c1. The Morgan fingerprint density at radius 1 is 0.909 bits per heavy atom. The number of carbonyl (C=O) groups excluding carboxylic acids is 2. The van der Waals surface area contributed by atoms with Crippen molar-refractivity contribution in [2.75, 3.05) is 6.61 Å². The first-order chi connectivity index (χ1) is 10.5. The normalized spacial score (nSPS) is 10.5. The monoisotopic (exact) mass is 344 g/mol. The van der Waals surface area contributed by atoms with Crippen molar-refractivity contribution in [1.82, 2.24) is 0 Å². The average Bonchev–Trinajstić information content (AvgIpc) is 2.41. The fraction of sp³-hybridized carbons (Fsp3) is 0.529. The van der Waals surface area contributed by atoms with Crippen LogP contribution in [0.4, 0.5) is 0 Å². The number of unbranched alkanes of at least 4 members (excludes halogenated alkanes) is 4. The van der Waals surface area contributed by atoms with Gasteiger partial charge in [-0.25, -0.2) is 0 Å². The first-order valence-electron chi connectivity index (χ1n) is 7.63. The van der Waals surface area contributed by atoms with E-state index in [0.717, 1.165) is 24.0 Å². The highest BCUT2D eigenvalue weighted by atomic mass is 35.5. The summed E-state index contributed by atoms with van der Waals surface area (Å²) in [5, 5.41) is -0.889. The highest BCUT2D eigenvalue weighted by Gasteiger charge is 2.08. The minimum absolute atomic E-state index is 0.110. The fourth-order valence-electron chi connectivity index (χ4n) is 2.23. The summed E-state index contributed by atoms with van der Waals surface area (Å²) < 4.78 is 5.72. The van der Waals surface area contributed by atoms with Gasteiger partial charge in [-0.1, -0.05) is 38.7 Å². The summed E-state index contributed by atoms with van der Waals surface area (Å²) in [6.07, 6.45) is 6.02. The molecule has 0 N–H and O–H groups in total. The Balaban J connectivity index is 2.62. The molecule has 0 atom stereocenters. The Morgan fingerprint density at radius 2 is 1.45 bits per heavy atom. The molecule has 0 aromatic heterocycles. The van der Waals surface area contributed by atoms with Crippen LogP contribution in [-0.4, -0.2) is 17.1 Å². The number of carbonyl (C=O) groups is 2. The molecule has 1 rings (SSSR count). The second-order valence-electron chi connectivity index (χ2n) is 5.31. The lowest BCUT2D eigenvalue weighted by atomic mass is 10.1. The lowest BCUT2D eigenvalue weighted by molar-refractivity contribution is -0.111. The quantitative estimate of drug-likeness (QED) is 0.433. The van der Waals surface area contributed by atoms with E-state index in [0.29, 0.717) is 12.4 Å². The number of rotatable bonds is 11. The average molecular weight is 345 g/mol.